The van der Waals surface area contributed by atoms with E-state index in [-0.39, 0.29) is 5.75 Å². The lowest BCUT2D eigenvalue weighted by Crippen LogP contribution is -2.16. The smallest absolute Gasteiger partial charge is 0.406 e. The molecule has 3 aromatic rings. The first-order valence-corrected chi connectivity index (χ1v) is 7.04. The van der Waals surface area contributed by atoms with E-state index in [2.05, 4.69) is 4.74 Å². The fraction of sp³-hybridized carbons (Fsp3) is 0.0769. The molecule has 0 aliphatic heterocycles. The summed E-state index contributed by atoms with van der Waals surface area (Å²) in [4.78, 5) is 1.04. The molecule has 0 N–H and O–H groups in total. The van der Waals surface area contributed by atoms with Crippen molar-refractivity contribution in [2.45, 2.75) is 6.36 Å². The maximum Gasteiger partial charge on any atom is 0.573 e. The van der Waals surface area contributed by atoms with Crippen LogP contribution in [0.3, 0.4) is 0 Å². The maximum atomic E-state index is 12.0. The Labute approximate surface area is 114 Å². The van der Waals surface area contributed by atoms with Crippen LogP contribution < -0.4 is 4.74 Å². The molecule has 0 fully saturated rings. The molecule has 0 saturated heterocycles. The molecule has 1 nitrogen and oxygen atoms in total. The van der Waals surface area contributed by atoms with E-state index in [1.165, 1.54) is 21.5 Å². The number of thiophene rings is 2. The molecule has 6 heteroatoms. The quantitative estimate of drug-likeness (QED) is 0.604. The fourth-order valence-corrected chi connectivity index (χ4v) is 3.84. The molecule has 19 heavy (non-hydrogen) atoms. The van der Waals surface area contributed by atoms with E-state index >= 15 is 0 Å². The average Bonchev–Trinajstić information content (AvgIpc) is 2.87. The molecule has 3 rings (SSSR count). The number of fused-ring (bicyclic) bond motifs is 1. The standard InChI is InChI=1S/C13H7F3OS2/c14-13(15,16)17-9-3-1-8(2-4-9)11-7-12-10(19-11)5-6-18-12/h1-7H. The third-order valence-electron chi connectivity index (χ3n) is 2.51. The van der Waals surface area contributed by atoms with Crippen molar-refractivity contribution in [3.05, 3.63) is 41.8 Å². The van der Waals surface area contributed by atoms with E-state index in [9.17, 15) is 13.2 Å². The van der Waals surface area contributed by atoms with Crippen molar-refractivity contribution in [2.75, 3.05) is 0 Å². The normalized spacial score (nSPS) is 11.9. The van der Waals surface area contributed by atoms with Crippen molar-refractivity contribution in [2.24, 2.45) is 0 Å². The number of alkyl halides is 3. The molecule has 0 saturated carbocycles. The third-order valence-corrected chi connectivity index (χ3v) is 4.65. The molecule has 0 aliphatic carbocycles. The van der Waals surface area contributed by atoms with Crippen LogP contribution in [0.25, 0.3) is 19.8 Å². The highest BCUT2D eigenvalue weighted by Crippen LogP contribution is 2.37. The lowest BCUT2D eigenvalue weighted by molar-refractivity contribution is -0.274. The molecule has 0 radical (unpaired) electrons. The van der Waals surface area contributed by atoms with Gasteiger partial charge in [-0.25, -0.2) is 0 Å². The average molecular weight is 300 g/mol. The molecule has 0 bridgehead atoms. The Morgan fingerprint density at radius 2 is 1.68 bits per heavy atom. The van der Waals surface area contributed by atoms with E-state index in [4.69, 9.17) is 0 Å². The van der Waals surface area contributed by atoms with Gasteiger partial charge in [-0.05, 0) is 47.3 Å². The summed E-state index contributed by atoms with van der Waals surface area (Å²) in [6, 6.07) is 10.0. The third kappa shape index (κ3) is 2.74. The second-order valence-electron chi connectivity index (χ2n) is 3.83. The molecule has 0 atom stereocenters. The van der Waals surface area contributed by atoms with Gasteiger partial charge in [-0.3, -0.25) is 0 Å². The Morgan fingerprint density at radius 1 is 0.947 bits per heavy atom. The van der Waals surface area contributed by atoms with Gasteiger partial charge in [-0.1, -0.05) is 0 Å². The van der Waals surface area contributed by atoms with Crippen molar-refractivity contribution in [3.63, 3.8) is 0 Å². The van der Waals surface area contributed by atoms with Crippen LogP contribution in [0.15, 0.2) is 41.8 Å². The molecule has 2 aromatic heterocycles. The van der Waals surface area contributed by atoms with Crippen LogP contribution in [0.1, 0.15) is 0 Å². The summed E-state index contributed by atoms with van der Waals surface area (Å²) in [5.41, 5.74) is 0.892. The van der Waals surface area contributed by atoms with Gasteiger partial charge in [0.25, 0.3) is 0 Å². The first-order valence-electron chi connectivity index (χ1n) is 5.34. The summed E-state index contributed by atoms with van der Waals surface area (Å²) in [5.74, 6) is -0.199. The molecule has 0 amide bonds. The highest BCUT2D eigenvalue weighted by atomic mass is 32.1. The molecule has 0 unspecified atom stereocenters. The number of benzene rings is 1. The Kier molecular flexibility index (Phi) is 2.99. The van der Waals surface area contributed by atoms with Gasteiger partial charge in [0, 0.05) is 14.3 Å². The van der Waals surface area contributed by atoms with Crippen molar-refractivity contribution < 1.29 is 17.9 Å². The zero-order valence-corrected chi connectivity index (χ0v) is 11.0. The van der Waals surface area contributed by atoms with Gasteiger partial charge in [0.2, 0.25) is 0 Å². The van der Waals surface area contributed by atoms with Gasteiger partial charge >= 0.3 is 6.36 Å². The van der Waals surface area contributed by atoms with E-state index < -0.39 is 6.36 Å². The molecule has 2 heterocycles. The van der Waals surface area contributed by atoms with Gasteiger partial charge < -0.3 is 4.74 Å². The van der Waals surface area contributed by atoms with E-state index in [0.717, 1.165) is 10.4 Å². The molecule has 98 valence electrons. The summed E-state index contributed by atoms with van der Waals surface area (Å²) in [5, 5.41) is 2.02. The minimum Gasteiger partial charge on any atom is -0.406 e. The van der Waals surface area contributed by atoms with E-state index in [1.54, 1.807) is 34.8 Å². The Hall–Kier alpha value is -1.53. The Balaban J connectivity index is 1.88. The summed E-state index contributed by atoms with van der Waals surface area (Å²) in [6.07, 6.45) is -4.65. The molecule has 1 aromatic carbocycles. The fourth-order valence-electron chi connectivity index (χ4n) is 1.73. The lowest BCUT2D eigenvalue weighted by Gasteiger charge is -2.08. The number of hydrogen-bond acceptors (Lipinski definition) is 3. The van der Waals surface area contributed by atoms with Crippen LogP contribution in [0.2, 0.25) is 0 Å². The van der Waals surface area contributed by atoms with Crippen LogP contribution in [-0.2, 0) is 0 Å². The second kappa shape index (κ2) is 4.54. The predicted molar refractivity (Wildman–Crippen MR) is 71.8 cm³/mol. The monoisotopic (exact) mass is 300 g/mol. The van der Waals surface area contributed by atoms with Crippen LogP contribution in [0.4, 0.5) is 13.2 Å². The Bertz CT molecular complexity index is 666. The van der Waals surface area contributed by atoms with Gasteiger partial charge in [0.05, 0.1) is 0 Å². The first-order chi connectivity index (χ1) is 9.01. The summed E-state index contributed by atoms with van der Waals surface area (Å²) < 4.78 is 42.4. The topological polar surface area (TPSA) is 9.23 Å². The molecular formula is C13H7F3OS2. The van der Waals surface area contributed by atoms with Crippen LogP contribution >= 0.6 is 22.7 Å². The van der Waals surface area contributed by atoms with Gasteiger partial charge in [-0.2, -0.15) is 0 Å². The minimum absolute atomic E-state index is 0.199. The molecule has 0 aliphatic rings. The number of hydrogen-bond donors (Lipinski definition) is 0. The second-order valence-corrected chi connectivity index (χ2v) is 5.86. The summed E-state index contributed by atoms with van der Waals surface area (Å²) >= 11 is 3.27. The van der Waals surface area contributed by atoms with E-state index in [1.807, 2.05) is 17.5 Å². The van der Waals surface area contributed by atoms with Crippen LogP contribution in [0, 0.1) is 0 Å². The summed E-state index contributed by atoms with van der Waals surface area (Å²) in [7, 11) is 0. The van der Waals surface area contributed by atoms with Crippen molar-refractivity contribution in [3.8, 4) is 16.2 Å². The van der Waals surface area contributed by atoms with Crippen LogP contribution in [0.5, 0.6) is 5.75 Å². The highest BCUT2D eigenvalue weighted by Gasteiger charge is 2.30. The number of halogens is 3. The number of ether oxygens (including phenoxy) is 1. The molecule has 0 spiro atoms. The van der Waals surface area contributed by atoms with E-state index in [0.29, 0.717) is 0 Å². The predicted octanol–water partition coefficient (Wildman–Crippen LogP) is 5.53. The Morgan fingerprint density at radius 3 is 2.32 bits per heavy atom. The van der Waals surface area contributed by atoms with Gasteiger partial charge in [-0.15, -0.1) is 35.8 Å². The highest BCUT2D eigenvalue weighted by molar-refractivity contribution is 7.28. The van der Waals surface area contributed by atoms with Crippen molar-refractivity contribution in [1.82, 2.24) is 0 Å². The first kappa shape index (κ1) is 12.5. The number of rotatable bonds is 2. The SMILES string of the molecule is FC(F)(F)Oc1ccc(-c2cc3sccc3s2)cc1. The van der Waals surface area contributed by atoms with Crippen molar-refractivity contribution >= 4 is 32.1 Å². The largest absolute Gasteiger partial charge is 0.573 e. The molecular weight excluding hydrogens is 293 g/mol. The summed E-state index contributed by atoms with van der Waals surface area (Å²) in [6.45, 7) is 0. The van der Waals surface area contributed by atoms with Crippen LogP contribution in [-0.4, -0.2) is 6.36 Å². The zero-order valence-electron chi connectivity index (χ0n) is 9.40. The van der Waals surface area contributed by atoms with Crippen molar-refractivity contribution in [1.29, 1.82) is 0 Å². The zero-order chi connectivity index (χ0) is 13.5. The lowest BCUT2D eigenvalue weighted by atomic mass is 10.2. The maximum absolute atomic E-state index is 12.0. The minimum atomic E-state index is -4.65. The van der Waals surface area contributed by atoms with Gasteiger partial charge in [0.1, 0.15) is 5.75 Å². The van der Waals surface area contributed by atoms with Gasteiger partial charge in [0.15, 0.2) is 0 Å².